The molecule has 33 heavy (non-hydrogen) atoms. The lowest BCUT2D eigenvalue weighted by molar-refractivity contribution is -0.113. The molecular formula is C24H17Cl2IN2O4. The Morgan fingerprint density at radius 3 is 2.58 bits per heavy atom. The number of carbonyl (C=O) groups excluding carboxylic acids is 2. The Hall–Kier alpha value is -2.75. The van der Waals surface area contributed by atoms with Crippen LogP contribution in [0.25, 0.3) is 6.08 Å². The molecule has 4 rings (SSSR count). The van der Waals surface area contributed by atoms with Crippen molar-refractivity contribution >= 4 is 69.5 Å². The highest BCUT2D eigenvalue weighted by Gasteiger charge is 2.35. The Kier molecular flexibility index (Phi) is 7.11. The molecule has 3 aromatic carbocycles. The second-order valence-corrected chi connectivity index (χ2v) is 9.03. The minimum Gasteiger partial charge on any atom is -0.493 e. The maximum atomic E-state index is 12.9. The van der Waals surface area contributed by atoms with Crippen LogP contribution in [0.1, 0.15) is 11.1 Å². The third-order valence-electron chi connectivity index (χ3n) is 4.84. The molecule has 0 radical (unpaired) electrons. The highest BCUT2D eigenvalue weighted by atomic mass is 127. The number of hydrogen-bond acceptors (Lipinski definition) is 4. The van der Waals surface area contributed by atoms with Gasteiger partial charge in [0.15, 0.2) is 11.5 Å². The summed E-state index contributed by atoms with van der Waals surface area (Å²) in [6, 6.07) is 17.0. The maximum absolute atomic E-state index is 12.9. The monoisotopic (exact) mass is 594 g/mol. The van der Waals surface area contributed by atoms with Crippen molar-refractivity contribution in [1.29, 1.82) is 0 Å². The van der Waals surface area contributed by atoms with Crippen LogP contribution in [0.2, 0.25) is 10.0 Å². The number of imide groups is 1. The first-order chi connectivity index (χ1) is 15.9. The van der Waals surface area contributed by atoms with E-state index in [4.69, 9.17) is 32.7 Å². The minimum absolute atomic E-state index is 0.141. The summed E-state index contributed by atoms with van der Waals surface area (Å²) in [6.07, 6.45) is 1.59. The van der Waals surface area contributed by atoms with Crippen LogP contribution < -0.4 is 19.7 Å². The van der Waals surface area contributed by atoms with E-state index in [0.717, 1.165) is 14.0 Å². The van der Waals surface area contributed by atoms with Gasteiger partial charge in [0.25, 0.3) is 5.91 Å². The fourth-order valence-corrected chi connectivity index (χ4v) is 4.44. The predicted octanol–water partition coefficient (Wildman–Crippen LogP) is 6.28. The topological polar surface area (TPSA) is 67.9 Å². The highest BCUT2D eigenvalue weighted by molar-refractivity contribution is 14.1. The van der Waals surface area contributed by atoms with Crippen molar-refractivity contribution in [3.05, 3.63) is 91.1 Å². The zero-order valence-electron chi connectivity index (χ0n) is 17.3. The van der Waals surface area contributed by atoms with Crippen molar-refractivity contribution in [2.45, 2.75) is 6.61 Å². The van der Waals surface area contributed by atoms with Crippen molar-refractivity contribution in [2.75, 3.05) is 12.0 Å². The highest BCUT2D eigenvalue weighted by Crippen LogP contribution is 2.36. The van der Waals surface area contributed by atoms with Gasteiger partial charge >= 0.3 is 6.03 Å². The van der Waals surface area contributed by atoms with E-state index >= 15 is 0 Å². The number of carbonyl (C=O) groups is 2. The largest absolute Gasteiger partial charge is 0.493 e. The number of benzene rings is 3. The first-order valence-corrected chi connectivity index (χ1v) is 11.6. The molecule has 9 heteroatoms. The van der Waals surface area contributed by atoms with E-state index in [1.54, 1.807) is 42.5 Å². The van der Waals surface area contributed by atoms with Gasteiger partial charge in [-0.2, -0.15) is 0 Å². The summed E-state index contributed by atoms with van der Waals surface area (Å²) >= 11 is 14.4. The lowest BCUT2D eigenvalue weighted by Gasteiger charge is -2.14. The Balaban J connectivity index is 1.59. The molecule has 3 aromatic rings. The summed E-state index contributed by atoms with van der Waals surface area (Å²) in [5.74, 6) is 0.571. The van der Waals surface area contributed by atoms with E-state index in [2.05, 4.69) is 27.9 Å². The van der Waals surface area contributed by atoms with E-state index in [9.17, 15) is 9.59 Å². The Bertz CT molecular complexity index is 1280. The van der Waals surface area contributed by atoms with Crippen LogP contribution in [0, 0.1) is 3.57 Å². The number of methoxy groups -OCH3 is 1. The normalized spacial score (nSPS) is 14.5. The number of hydrogen-bond donors (Lipinski definition) is 1. The van der Waals surface area contributed by atoms with Gasteiger partial charge < -0.3 is 14.8 Å². The summed E-state index contributed by atoms with van der Waals surface area (Å²) in [7, 11) is 1.54. The summed E-state index contributed by atoms with van der Waals surface area (Å²) in [5.41, 5.74) is 2.05. The third kappa shape index (κ3) is 5.10. The van der Waals surface area contributed by atoms with Crippen LogP contribution in [-0.4, -0.2) is 19.0 Å². The third-order valence-corrected chi connectivity index (χ3v) is 6.24. The molecule has 0 saturated carbocycles. The molecule has 0 aliphatic carbocycles. The van der Waals surface area contributed by atoms with Crippen LogP contribution in [0.4, 0.5) is 10.5 Å². The number of amides is 3. The summed E-state index contributed by atoms with van der Waals surface area (Å²) < 4.78 is 12.3. The van der Waals surface area contributed by atoms with Gasteiger partial charge in [-0.25, -0.2) is 9.69 Å². The van der Waals surface area contributed by atoms with E-state index in [-0.39, 0.29) is 12.3 Å². The summed E-state index contributed by atoms with van der Waals surface area (Å²) in [5, 5.41) is 3.66. The predicted molar refractivity (Wildman–Crippen MR) is 137 cm³/mol. The Morgan fingerprint density at radius 1 is 1.06 bits per heavy atom. The van der Waals surface area contributed by atoms with Crippen molar-refractivity contribution in [2.24, 2.45) is 0 Å². The van der Waals surface area contributed by atoms with Gasteiger partial charge in [0, 0.05) is 15.6 Å². The van der Waals surface area contributed by atoms with Crippen LogP contribution in [-0.2, 0) is 11.4 Å². The molecule has 1 N–H and O–H groups in total. The molecule has 1 saturated heterocycles. The van der Waals surface area contributed by atoms with Crippen molar-refractivity contribution in [1.82, 2.24) is 5.32 Å². The average molecular weight is 595 g/mol. The Labute approximate surface area is 214 Å². The lowest BCUT2D eigenvalue weighted by Crippen LogP contribution is -2.30. The van der Waals surface area contributed by atoms with Crippen molar-refractivity contribution < 1.29 is 19.1 Å². The van der Waals surface area contributed by atoms with Gasteiger partial charge in [-0.05, 0) is 70.6 Å². The molecule has 0 spiro atoms. The molecular weight excluding hydrogens is 578 g/mol. The number of halogens is 3. The molecule has 168 valence electrons. The molecule has 6 nitrogen and oxygen atoms in total. The molecule has 1 fully saturated rings. The molecule has 1 aliphatic rings. The average Bonchev–Trinajstić information content (AvgIpc) is 3.06. The first kappa shape index (κ1) is 23.4. The van der Waals surface area contributed by atoms with Gasteiger partial charge in [0.05, 0.1) is 16.4 Å². The molecule has 0 atom stereocenters. The molecule has 0 unspecified atom stereocenters. The summed E-state index contributed by atoms with van der Waals surface area (Å²) in [4.78, 5) is 26.4. The Morgan fingerprint density at radius 2 is 1.85 bits per heavy atom. The number of ether oxygens (including phenoxy) is 2. The fraction of sp³-hybridized carbons (Fsp3) is 0.0833. The minimum atomic E-state index is -0.546. The summed E-state index contributed by atoms with van der Waals surface area (Å²) in [6.45, 7) is 0.273. The lowest BCUT2D eigenvalue weighted by atomic mass is 10.1. The van der Waals surface area contributed by atoms with Gasteiger partial charge in [0.2, 0.25) is 0 Å². The van der Waals surface area contributed by atoms with E-state index in [1.807, 2.05) is 24.3 Å². The molecule has 0 bridgehead atoms. The van der Waals surface area contributed by atoms with E-state index < -0.39 is 11.9 Å². The van der Waals surface area contributed by atoms with Gasteiger partial charge in [0.1, 0.15) is 12.3 Å². The zero-order valence-corrected chi connectivity index (χ0v) is 20.9. The van der Waals surface area contributed by atoms with E-state index in [1.165, 1.54) is 7.11 Å². The van der Waals surface area contributed by atoms with Crippen molar-refractivity contribution in [3.63, 3.8) is 0 Å². The second-order valence-electron chi connectivity index (χ2n) is 7.02. The van der Waals surface area contributed by atoms with Crippen molar-refractivity contribution in [3.8, 4) is 11.5 Å². The molecule has 1 aliphatic heterocycles. The molecule has 0 aromatic heterocycles. The molecule has 3 amide bonds. The quantitative estimate of drug-likeness (QED) is 0.207. The van der Waals surface area contributed by atoms with Crippen LogP contribution in [0.15, 0.2) is 66.4 Å². The van der Waals surface area contributed by atoms with Gasteiger partial charge in [-0.15, -0.1) is 0 Å². The van der Waals surface area contributed by atoms with Crippen LogP contribution in [0.5, 0.6) is 11.5 Å². The van der Waals surface area contributed by atoms with Gasteiger partial charge in [-0.3, -0.25) is 4.79 Å². The number of rotatable bonds is 6. The number of nitrogens with one attached hydrogen (secondary N) is 1. The zero-order chi connectivity index (χ0) is 23.5. The van der Waals surface area contributed by atoms with Crippen LogP contribution in [0.3, 0.4) is 0 Å². The van der Waals surface area contributed by atoms with Gasteiger partial charge in [-0.1, -0.05) is 47.5 Å². The van der Waals surface area contributed by atoms with E-state index in [0.29, 0.717) is 32.8 Å². The maximum Gasteiger partial charge on any atom is 0.333 e. The number of anilines is 1. The fourth-order valence-electron chi connectivity index (χ4n) is 3.28. The number of nitrogens with zero attached hydrogens (tertiary/aromatic N) is 1. The smallest absolute Gasteiger partial charge is 0.333 e. The standard InChI is InChI=1S/C24H17Cl2IN2O4/c1-32-21-11-14(9-19(27)22(21)33-13-15-5-2-3-8-18(15)26)10-20-23(30)29(24(31)28-20)17-7-4-6-16(25)12-17/h2-12H,13H2,1H3,(H,28,31)/b20-10+. The molecule has 1 heterocycles. The SMILES string of the molecule is COc1cc(/C=C2/NC(=O)N(c3cccc(Cl)c3)C2=O)cc(I)c1OCc1ccccc1Cl. The number of urea groups is 1. The van der Waals surface area contributed by atoms with Crippen LogP contribution >= 0.6 is 45.8 Å². The first-order valence-electron chi connectivity index (χ1n) is 9.74. The second kappa shape index (κ2) is 10.0.